The minimum atomic E-state index is -0.0756. The number of aliphatic imine (C=N–C) groups is 1. The number of hydrazone groups is 1. The quantitative estimate of drug-likeness (QED) is 0.779. The van der Waals surface area contributed by atoms with Gasteiger partial charge in [-0.1, -0.05) is 0 Å². The van der Waals surface area contributed by atoms with E-state index < -0.39 is 0 Å². The van der Waals surface area contributed by atoms with E-state index in [0.29, 0.717) is 5.58 Å². The van der Waals surface area contributed by atoms with Gasteiger partial charge in [0.1, 0.15) is 11.6 Å². The number of benzene rings is 1. The summed E-state index contributed by atoms with van der Waals surface area (Å²) in [6, 6.07) is 9.87. The molecule has 0 radical (unpaired) electrons. The summed E-state index contributed by atoms with van der Waals surface area (Å²) in [6.45, 7) is 0. The molecule has 7 heteroatoms. The van der Waals surface area contributed by atoms with Gasteiger partial charge in [0.15, 0.2) is 11.7 Å². The van der Waals surface area contributed by atoms with Crippen molar-refractivity contribution < 1.29 is 4.42 Å². The normalized spacial score (nSPS) is 21.6. The second kappa shape index (κ2) is 5.27. The first-order valence-electron chi connectivity index (χ1n) is 7.93. The van der Waals surface area contributed by atoms with Crippen molar-refractivity contribution in [2.45, 2.75) is 12.2 Å². The van der Waals surface area contributed by atoms with Crippen molar-refractivity contribution in [1.82, 2.24) is 15.0 Å². The summed E-state index contributed by atoms with van der Waals surface area (Å²) in [5.74, 6) is 0. The number of allylic oxidation sites excluding steroid dienone is 1. The maximum atomic E-state index is 5.62. The van der Waals surface area contributed by atoms with Gasteiger partial charge in [-0.15, -0.1) is 0 Å². The van der Waals surface area contributed by atoms with Gasteiger partial charge in [0.25, 0.3) is 6.01 Å². The number of hydrogen-bond acceptors (Lipinski definition) is 7. The standard InChI is InChI=1S/C18H14N6O/c19-18-22-14-9-12(1-3-16(14)25-18)13-2-4-17-21-10-15(24(17)23-13)11-5-7-20-8-6-11/h1-10,15,17H,(H2,19,22). The smallest absolute Gasteiger partial charge is 0.292 e. The molecule has 2 aromatic heterocycles. The minimum Gasteiger partial charge on any atom is -0.424 e. The molecule has 1 aromatic carbocycles. The van der Waals surface area contributed by atoms with Crippen LogP contribution in [-0.2, 0) is 0 Å². The molecule has 25 heavy (non-hydrogen) atoms. The lowest BCUT2D eigenvalue weighted by molar-refractivity contribution is 0.239. The van der Waals surface area contributed by atoms with E-state index in [1.807, 2.05) is 53.7 Å². The van der Waals surface area contributed by atoms with Crippen LogP contribution >= 0.6 is 0 Å². The number of rotatable bonds is 2. The largest absolute Gasteiger partial charge is 0.424 e. The molecule has 0 bridgehead atoms. The fourth-order valence-electron chi connectivity index (χ4n) is 3.12. The summed E-state index contributed by atoms with van der Waals surface area (Å²) in [7, 11) is 0. The number of anilines is 1. The number of nitrogens with two attached hydrogens (primary N) is 1. The Morgan fingerprint density at radius 3 is 2.88 bits per heavy atom. The van der Waals surface area contributed by atoms with Crippen LogP contribution in [0.5, 0.6) is 0 Å². The molecule has 0 amide bonds. The van der Waals surface area contributed by atoms with Gasteiger partial charge in [-0.3, -0.25) is 15.0 Å². The summed E-state index contributed by atoms with van der Waals surface area (Å²) >= 11 is 0. The molecule has 0 spiro atoms. The second-order valence-electron chi connectivity index (χ2n) is 5.90. The molecule has 2 unspecified atom stereocenters. The Morgan fingerprint density at radius 2 is 2.00 bits per heavy atom. The highest BCUT2D eigenvalue weighted by atomic mass is 16.4. The molecule has 2 atom stereocenters. The van der Waals surface area contributed by atoms with Crippen molar-refractivity contribution in [3.63, 3.8) is 0 Å². The van der Waals surface area contributed by atoms with Crippen molar-refractivity contribution in [3.8, 4) is 0 Å². The fourth-order valence-corrected chi connectivity index (χ4v) is 3.12. The Hall–Kier alpha value is -3.48. The molecular formula is C18H14N6O. The van der Waals surface area contributed by atoms with E-state index in [-0.39, 0.29) is 18.2 Å². The molecule has 5 rings (SSSR count). The van der Waals surface area contributed by atoms with Gasteiger partial charge in [0.2, 0.25) is 0 Å². The molecule has 0 fully saturated rings. The predicted molar refractivity (Wildman–Crippen MR) is 95.2 cm³/mol. The van der Waals surface area contributed by atoms with E-state index in [2.05, 4.69) is 15.0 Å². The average Bonchev–Trinajstić information content (AvgIpc) is 3.23. The lowest BCUT2D eigenvalue weighted by Gasteiger charge is -2.28. The summed E-state index contributed by atoms with van der Waals surface area (Å²) in [5.41, 5.74) is 9.92. The van der Waals surface area contributed by atoms with E-state index in [1.165, 1.54) is 0 Å². The Morgan fingerprint density at radius 1 is 1.12 bits per heavy atom. The summed E-state index contributed by atoms with van der Waals surface area (Å²) < 4.78 is 5.33. The van der Waals surface area contributed by atoms with Crippen LogP contribution in [0.15, 0.2) is 69.4 Å². The van der Waals surface area contributed by atoms with Gasteiger partial charge in [0, 0.05) is 24.2 Å². The van der Waals surface area contributed by atoms with Gasteiger partial charge >= 0.3 is 0 Å². The molecule has 122 valence electrons. The third-order valence-corrected chi connectivity index (χ3v) is 4.33. The van der Waals surface area contributed by atoms with Gasteiger partial charge in [0.05, 0.1) is 5.71 Å². The van der Waals surface area contributed by atoms with Crippen LogP contribution in [-0.4, -0.2) is 33.1 Å². The van der Waals surface area contributed by atoms with Crippen LogP contribution in [0.3, 0.4) is 0 Å². The Labute approximate surface area is 143 Å². The number of hydrogen-bond donors (Lipinski definition) is 1. The molecule has 7 nitrogen and oxygen atoms in total. The van der Waals surface area contributed by atoms with E-state index in [0.717, 1.165) is 22.4 Å². The molecule has 2 N–H and O–H groups in total. The Bertz CT molecular complexity index is 1040. The van der Waals surface area contributed by atoms with E-state index >= 15 is 0 Å². The summed E-state index contributed by atoms with van der Waals surface area (Å²) in [4.78, 5) is 12.8. The molecule has 0 saturated carbocycles. The molecule has 2 aliphatic heterocycles. The van der Waals surface area contributed by atoms with Crippen LogP contribution in [0, 0.1) is 0 Å². The topological polar surface area (TPSA) is 92.9 Å². The van der Waals surface area contributed by atoms with Crippen molar-refractivity contribution in [1.29, 1.82) is 0 Å². The molecule has 4 heterocycles. The van der Waals surface area contributed by atoms with Gasteiger partial charge in [-0.2, -0.15) is 10.1 Å². The molecule has 2 aliphatic rings. The number of oxazole rings is 1. The molecule has 0 saturated heterocycles. The van der Waals surface area contributed by atoms with Crippen molar-refractivity contribution in [3.05, 3.63) is 66.0 Å². The van der Waals surface area contributed by atoms with Crippen molar-refractivity contribution in [2.24, 2.45) is 10.1 Å². The van der Waals surface area contributed by atoms with Gasteiger partial charge < -0.3 is 10.2 Å². The first kappa shape index (κ1) is 13.9. The number of fused-ring (bicyclic) bond motifs is 2. The highest BCUT2D eigenvalue weighted by Crippen LogP contribution is 2.30. The van der Waals surface area contributed by atoms with Crippen LogP contribution in [0.4, 0.5) is 6.01 Å². The summed E-state index contributed by atoms with van der Waals surface area (Å²) in [5, 5.41) is 6.81. The van der Waals surface area contributed by atoms with Crippen LogP contribution in [0.2, 0.25) is 0 Å². The van der Waals surface area contributed by atoms with Crippen LogP contribution < -0.4 is 5.73 Å². The first-order chi connectivity index (χ1) is 12.3. The highest BCUT2D eigenvalue weighted by Gasteiger charge is 2.31. The fraction of sp³-hybridized carbons (Fsp3) is 0.111. The lowest BCUT2D eigenvalue weighted by Crippen LogP contribution is -2.30. The van der Waals surface area contributed by atoms with Crippen molar-refractivity contribution in [2.75, 3.05) is 5.73 Å². The maximum Gasteiger partial charge on any atom is 0.292 e. The van der Waals surface area contributed by atoms with Crippen LogP contribution in [0.25, 0.3) is 11.1 Å². The zero-order chi connectivity index (χ0) is 16.8. The van der Waals surface area contributed by atoms with Crippen molar-refractivity contribution >= 4 is 29.0 Å². The van der Waals surface area contributed by atoms with Gasteiger partial charge in [-0.05, 0) is 48.0 Å². The highest BCUT2D eigenvalue weighted by molar-refractivity contribution is 6.10. The SMILES string of the molecule is Nc1nc2cc(C3=NN4C(C=C3)N=CC4c3ccncc3)ccc2o1. The van der Waals surface area contributed by atoms with E-state index in [1.54, 1.807) is 12.4 Å². The molecular weight excluding hydrogens is 316 g/mol. The van der Waals surface area contributed by atoms with Crippen LogP contribution in [0.1, 0.15) is 17.2 Å². The maximum absolute atomic E-state index is 5.62. The van der Waals surface area contributed by atoms with E-state index in [9.17, 15) is 0 Å². The Balaban J connectivity index is 1.53. The zero-order valence-electron chi connectivity index (χ0n) is 13.1. The molecule has 0 aliphatic carbocycles. The summed E-state index contributed by atoms with van der Waals surface area (Å²) in [6.07, 6.45) is 9.44. The number of nitrogen functional groups attached to an aromatic ring is 1. The minimum absolute atomic E-state index is 0.000578. The third kappa shape index (κ3) is 2.28. The average molecular weight is 330 g/mol. The zero-order valence-corrected chi connectivity index (χ0v) is 13.1. The number of pyridine rings is 1. The van der Waals surface area contributed by atoms with Gasteiger partial charge in [-0.25, -0.2) is 0 Å². The van der Waals surface area contributed by atoms with E-state index in [4.69, 9.17) is 15.3 Å². The molecule has 3 aromatic rings. The predicted octanol–water partition coefficient (Wildman–Crippen LogP) is 2.53. The lowest BCUT2D eigenvalue weighted by atomic mass is 10.1. The first-order valence-corrected chi connectivity index (χ1v) is 7.93. The monoisotopic (exact) mass is 330 g/mol. The second-order valence-corrected chi connectivity index (χ2v) is 5.90. The number of nitrogens with zero attached hydrogens (tertiary/aromatic N) is 5. The third-order valence-electron chi connectivity index (χ3n) is 4.33. The Kier molecular flexibility index (Phi) is 2.93. The number of aromatic nitrogens is 2.